The topological polar surface area (TPSA) is 80.3 Å². The number of methoxy groups -OCH3 is 1. The van der Waals surface area contributed by atoms with Gasteiger partial charge in [-0.3, -0.25) is 14.6 Å². The van der Waals surface area contributed by atoms with Gasteiger partial charge in [0, 0.05) is 17.4 Å². The lowest BCUT2D eigenvalue weighted by Crippen LogP contribution is -2.17. The summed E-state index contributed by atoms with van der Waals surface area (Å²) in [6.45, 7) is 3.98. The van der Waals surface area contributed by atoms with Crippen molar-refractivity contribution in [3.8, 4) is 5.75 Å². The zero-order valence-corrected chi connectivity index (χ0v) is 15.9. The van der Waals surface area contributed by atoms with Crippen LogP contribution in [0.15, 0.2) is 60.8 Å². The monoisotopic (exact) mass is 375 g/mol. The molecule has 3 aromatic rings. The molecule has 0 saturated carbocycles. The van der Waals surface area contributed by atoms with Crippen LogP contribution < -0.4 is 15.4 Å². The van der Waals surface area contributed by atoms with Gasteiger partial charge in [-0.2, -0.15) is 0 Å². The molecule has 0 radical (unpaired) electrons. The summed E-state index contributed by atoms with van der Waals surface area (Å²) < 4.78 is 5.24. The fraction of sp³-hybridized carbons (Fsp3) is 0.136. The molecule has 6 nitrogen and oxygen atoms in total. The molecule has 28 heavy (non-hydrogen) atoms. The first-order valence-corrected chi connectivity index (χ1v) is 8.77. The number of carbonyl (C=O) groups is 2. The highest BCUT2D eigenvalue weighted by Crippen LogP contribution is 2.23. The Hall–Kier alpha value is -3.67. The molecule has 0 unspecified atom stereocenters. The Labute approximate surface area is 163 Å². The number of anilines is 2. The summed E-state index contributed by atoms with van der Waals surface area (Å²) in [6, 6.07) is 15.8. The van der Waals surface area contributed by atoms with Gasteiger partial charge in [0.25, 0.3) is 11.8 Å². The standard InChI is InChI=1S/C22H21N3O3/c1-14-8-9-17(12-15(14)2)24-22(27)19-13-16(10-11-23-19)21(26)25-18-6-4-5-7-20(18)28-3/h4-13H,1-3H3,(H,24,27)(H,25,26). The number of rotatable bonds is 5. The van der Waals surface area contributed by atoms with Gasteiger partial charge < -0.3 is 15.4 Å². The van der Waals surface area contributed by atoms with Crippen molar-refractivity contribution in [2.45, 2.75) is 13.8 Å². The summed E-state index contributed by atoms with van der Waals surface area (Å²) in [5.41, 5.74) is 3.94. The maximum atomic E-state index is 12.6. The van der Waals surface area contributed by atoms with Gasteiger partial charge in [-0.05, 0) is 61.4 Å². The first kappa shape index (κ1) is 19.1. The van der Waals surface area contributed by atoms with E-state index in [1.165, 1.54) is 19.4 Å². The van der Waals surface area contributed by atoms with Crippen molar-refractivity contribution in [1.29, 1.82) is 0 Å². The van der Waals surface area contributed by atoms with Crippen molar-refractivity contribution < 1.29 is 14.3 Å². The molecule has 0 bridgehead atoms. The average molecular weight is 375 g/mol. The van der Waals surface area contributed by atoms with Gasteiger partial charge in [0.05, 0.1) is 12.8 Å². The van der Waals surface area contributed by atoms with Gasteiger partial charge in [-0.15, -0.1) is 0 Å². The van der Waals surface area contributed by atoms with E-state index in [-0.39, 0.29) is 17.5 Å². The summed E-state index contributed by atoms with van der Waals surface area (Å²) in [4.78, 5) is 29.2. The number of amides is 2. The highest BCUT2D eigenvalue weighted by molar-refractivity contribution is 6.08. The summed E-state index contributed by atoms with van der Waals surface area (Å²) >= 11 is 0. The lowest BCUT2D eigenvalue weighted by atomic mass is 10.1. The van der Waals surface area contributed by atoms with E-state index in [0.717, 1.165) is 11.1 Å². The number of carbonyl (C=O) groups excluding carboxylic acids is 2. The first-order valence-electron chi connectivity index (χ1n) is 8.77. The van der Waals surface area contributed by atoms with E-state index in [2.05, 4.69) is 15.6 Å². The van der Waals surface area contributed by atoms with Gasteiger partial charge in [0.2, 0.25) is 0 Å². The highest BCUT2D eigenvalue weighted by atomic mass is 16.5. The molecule has 142 valence electrons. The molecular formula is C22H21N3O3. The molecule has 1 aromatic heterocycles. The predicted octanol–water partition coefficient (Wildman–Crippen LogP) is 4.21. The van der Waals surface area contributed by atoms with Crippen LogP contribution in [0.5, 0.6) is 5.75 Å². The van der Waals surface area contributed by atoms with Crippen LogP contribution in [0.4, 0.5) is 11.4 Å². The molecule has 0 fully saturated rings. The maximum absolute atomic E-state index is 12.6. The molecule has 0 saturated heterocycles. The van der Waals surface area contributed by atoms with E-state index in [4.69, 9.17) is 4.74 Å². The van der Waals surface area contributed by atoms with Gasteiger partial charge >= 0.3 is 0 Å². The number of hydrogen-bond acceptors (Lipinski definition) is 4. The molecule has 2 amide bonds. The van der Waals surface area contributed by atoms with Crippen LogP contribution in [0.25, 0.3) is 0 Å². The SMILES string of the molecule is COc1ccccc1NC(=O)c1ccnc(C(=O)Nc2ccc(C)c(C)c2)c1. The third-order valence-electron chi connectivity index (χ3n) is 4.37. The Balaban J connectivity index is 1.76. The Morgan fingerprint density at radius 3 is 2.43 bits per heavy atom. The van der Waals surface area contributed by atoms with Crippen LogP contribution in [0.1, 0.15) is 32.0 Å². The van der Waals surface area contributed by atoms with Gasteiger partial charge in [0.1, 0.15) is 11.4 Å². The number of aromatic nitrogens is 1. The molecule has 1 heterocycles. The minimum absolute atomic E-state index is 0.158. The molecular weight excluding hydrogens is 354 g/mol. The molecule has 0 aliphatic heterocycles. The third-order valence-corrected chi connectivity index (χ3v) is 4.37. The molecule has 6 heteroatoms. The Bertz CT molecular complexity index is 1030. The Kier molecular flexibility index (Phi) is 5.69. The smallest absolute Gasteiger partial charge is 0.274 e. The minimum atomic E-state index is -0.379. The number of nitrogens with one attached hydrogen (secondary N) is 2. The van der Waals surface area contributed by atoms with E-state index in [0.29, 0.717) is 22.7 Å². The fourth-order valence-corrected chi connectivity index (χ4v) is 2.65. The number of nitrogens with zero attached hydrogens (tertiary/aromatic N) is 1. The quantitative estimate of drug-likeness (QED) is 0.700. The van der Waals surface area contributed by atoms with E-state index in [1.807, 2.05) is 38.1 Å². The molecule has 3 rings (SSSR count). The lowest BCUT2D eigenvalue weighted by molar-refractivity contribution is 0.102. The van der Waals surface area contributed by atoms with Crippen LogP contribution in [0, 0.1) is 13.8 Å². The van der Waals surface area contributed by atoms with E-state index >= 15 is 0 Å². The van der Waals surface area contributed by atoms with Crippen LogP contribution in [0.2, 0.25) is 0 Å². The number of aryl methyl sites for hydroxylation is 2. The number of benzene rings is 2. The van der Waals surface area contributed by atoms with Gasteiger partial charge in [-0.25, -0.2) is 0 Å². The molecule has 2 aromatic carbocycles. The number of pyridine rings is 1. The van der Waals surface area contributed by atoms with Crippen LogP contribution >= 0.6 is 0 Å². The Morgan fingerprint density at radius 2 is 1.68 bits per heavy atom. The van der Waals surface area contributed by atoms with Crippen LogP contribution in [-0.4, -0.2) is 23.9 Å². The van der Waals surface area contributed by atoms with Crippen molar-refractivity contribution in [1.82, 2.24) is 4.98 Å². The maximum Gasteiger partial charge on any atom is 0.274 e. The summed E-state index contributed by atoms with van der Waals surface area (Å²) in [6.07, 6.45) is 1.44. The second kappa shape index (κ2) is 8.35. The van der Waals surface area contributed by atoms with Crippen molar-refractivity contribution in [3.63, 3.8) is 0 Å². The summed E-state index contributed by atoms with van der Waals surface area (Å²) in [5.74, 6) is -0.181. The lowest BCUT2D eigenvalue weighted by Gasteiger charge is -2.10. The van der Waals surface area contributed by atoms with E-state index in [9.17, 15) is 9.59 Å². The second-order valence-corrected chi connectivity index (χ2v) is 6.34. The van der Waals surface area contributed by atoms with Crippen molar-refractivity contribution in [2.24, 2.45) is 0 Å². The van der Waals surface area contributed by atoms with Crippen molar-refractivity contribution in [3.05, 3.63) is 83.2 Å². The van der Waals surface area contributed by atoms with Crippen molar-refractivity contribution in [2.75, 3.05) is 17.7 Å². The predicted molar refractivity (Wildman–Crippen MR) is 109 cm³/mol. The fourth-order valence-electron chi connectivity index (χ4n) is 2.65. The summed E-state index contributed by atoms with van der Waals surface area (Å²) in [5, 5.41) is 5.59. The largest absolute Gasteiger partial charge is 0.495 e. The molecule has 0 atom stereocenters. The second-order valence-electron chi connectivity index (χ2n) is 6.34. The van der Waals surface area contributed by atoms with E-state index in [1.54, 1.807) is 24.3 Å². The molecule has 0 spiro atoms. The molecule has 0 aliphatic rings. The number of ether oxygens (including phenoxy) is 1. The minimum Gasteiger partial charge on any atom is -0.495 e. The zero-order chi connectivity index (χ0) is 20.1. The van der Waals surface area contributed by atoms with Crippen molar-refractivity contribution >= 4 is 23.2 Å². The number of hydrogen-bond donors (Lipinski definition) is 2. The van der Waals surface area contributed by atoms with Crippen LogP contribution in [-0.2, 0) is 0 Å². The average Bonchev–Trinajstić information content (AvgIpc) is 2.71. The Morgan fingerprint density at radius 1 is 0.893 bits per heavy atom. The third kappa shape index (κ3) is 4.35. The van der Waals surface area contributed by atoms with Gasteiger partial charge in [-0.1, -0.05) is 18.2 Å². The zero-order valence-electron chi connectivity index (χ0n) is 15.9. The molecule has 0 aliphatic carbocycles. The van der Waals surface area contributed by atoms with Gasteiger partial charge in [0.15, 0.2) is 0 Å². The van der Waals surface area contributed by atoms with E-state index < -0.39 is 0 Å². The first-order chi connectivity index (χ1) is 13.5. The van der Waals surface area contributed by atoms with Crippen LogP contribution in [0.3, 0.4) is 0 Å². The normalized spacial score (nSPS) is 10.2. The highest BCUT2D eigenvalue weighted by Gasteiger charge is 2.14. The number of para-hydroxylation sites is 2. The summed E-state index contributed by atoms with van der Waals surface area (Å²) in [7, 11) is 1.53. The molecule has 2 N–H and O–H groups in total.